The number of carboxylic acid groups (broad SMARTS) is 1. The summed E-state index contributed by atoms with van der Waals surface area (Å²) in [4.78, 5) is 10.5. The van der Waals surface area contributed by atoms with E-state index in [0.29, 0.717) is 12.3 Å². The molecule has 0 rings (SSSR count). The molecule has 13 heavy (non-hydrogen) atoms. The monoisotopic (exact) mass is 189 g/mol. The van der Waals surface area contributed by atoms with Crippen LogP contribution in [0.1, 0.15) is 27.2 Å². The van der Waals surface area contributed by atoms with Gasteiger partial charge in [0.25, 0.3) is 0 Å². The molecule has 0 bridgehead atoms. The molecule has 0 aliphatic carbocycles. The molecule has 0 aromatic carbocycles. The fourth-order valence-electron chi connectivity index (χ4n) is 1.20. The maximum atomic E-state index is 10.5. The van der Waals surface area contributed by atoms with Gasteiger partial charge in [0, 0.05) is 6.04 Å². The Morgan fingerprint density at radius 1 is 1.38 bits per heavy atom. The molecule has 3 atom stereocenters. The van der Waals surface area contributed by atoms with Crippen molar-refractivity contribution in [1.29, 1.82) is 0 Å². The molecule has 0 spiro atoms. The topological polar surface area (TPSA) is 83.5 Å². The van der Waals surface area contributed by atoms with E-state index in [1.165, 1.54) is 6.92 Å². The lowest BCUT2D eigenvalue weighted by atomic mass is 9.92. The number of hydrogen-bond donors (Lipinski definition) is 3. The maximum absolute atomic E-state index is 10.5. The molecule has 0 amide bonds. The van der Waals surface area contributed by atoms with E-state index in [9.17, 15) is 9.90 Å². The molecule has 4 heteroatoms. The lowest BCUT2D eigenvalue weighted by Gasteiger charge is -2.23. The average molecular weight is 189 g/mol. The summed E-state index contributed by atoms with van der Waals surface area (Å²) in [5.41, 5.74) is 5.64. The average Bonchev–Trinajstić information content (AvgIpc) is 2.00. The number of rotatable bonds is 5. The number of carbonyl (C=O) groups is 1. The summed E-state index contributed by atoms with van der Waals surface area (Å²) in [7, 11) is 0. The summed E-state index contributed by atoms with van der Waals surface area (Å²) in [5, 5.41) is 18.1. The summed E-state index contributed by atoms with van der Waals surface area (Å²) < 4.78 is 0. The highest BCUT2D eigenvalue weighted by Gasteiger charge is 2.27. The van der Waals surface area contributed by atoms with Gasteiger partial charge in [-0.15, -0.1) is 0 Å². The molecule has 0 saturated carbocycles. The van der Waals surface area contributed by atoms with Gasteiger partial charge in [0.15, 0.2) is 0 Å². The van der Waals surface area contributed by atoms with Crippen LogP contribution >= 0.6 is 0 Å². The van der Waals surface area contributed by atoms with Crippen LogP contribution in [0.5, 0.6) is 0 Å². The SMILES string of the molecule is CC(C)C[C@H](N)[C@@H](O)C(C)C(=O)O. The highest BCUT2D eigenvalue weighted by molar-refractivity contribution is 5.70. The van der Waals surface area contributed by atoms with E-state index in [2.05, 4.69) is 0 Å². The van der Waals surface area contributed by atoms with Gasteiger partial charge in [0.05, 0.1) is 12.0 Å². The molecule has 0 fully saturated rings. The van der Waals surface area contributed by atoms with E-state index >= 15 is 0 Å². The summed E-state index contributed by atoms with van der Waals surface area (Å²) in [6.07, 6.45) is -0.321. The van der Waals surface area contributed by atoms with Gasteiger partial charge in [-0.05, 0) is 19.3 Å². The van der Waals surface area contributed by atoms with Gasteiger partial charge < -0.3 is 15.9 Å². The quantitative estimate of drug-likeness (QED) is 0.586. The molecule has 0 aliphatic rings. The van der Waals surface area contributed by atoms with Crippen LogP contribution in [-0.4, -0.2) is 28.3 Å². The van der Waals surface area contributed by atoms with Crippen LogP contribution in [-0.2, 0) is 4.79 Å². The van der Waals surface area contributed by atoms with E-state index in [4.69, 9.17) is 10.8 Å². The van der Waals surface area contributed by atoms with Gasteiger partial charge in [-0.3, -0.25) is 4.79 Å². The van der Waals surface area contributed by atoms with Crippen molar-refractivity contribution < 1.29 is 15.0 Å². The van der Waals surface area contributed by atoms with E-state index in [0.717, 1.165) is 0 Å². The standard InChI is InChI=1S/C9H19NO3/c1-5(2)4-7(10)8(11)6(3)9(12)13/h5-8,11H,4,10H2,1-3H3,(H,12,13)/t6?,7-,8-/m0/s1. The zero-order valence-electron chi connectivity index (χ0n) is 8.40. The van der Waals surface area contributed by atoms with E-state index < -0.39 is 24.0 Å². The first-order valence-electron chi connectivity index (χ1n) is 4.52. The molecular formula is C9H19NO3. The van der Waals surface area contributed by atoms with Crippen LogP contribution in [0.25, 0.3) is 0 Å². The minimum absolute atomic E-state index is 0.366. The third-order valence-corrected chi connectivity index (χ3v) is 2.08. The molecule has 1 unspecified atom stereocenters. The van der Waals surface area contributed by atoms with Gasteiger partial charge in [-0.25, -0.2) is 0 Å². The molecule has 0 saturated heterocycles. The molecule has 4 N–H and O–H groups in total. The maximum Gasteiger partial charge on any atom is 0.308 e. The van der Waals surface area contributed by atoms with Crippen molar-refractivity contribution in [2.24, 2.45) is 17.6 Å². The van der Waals surface area contributed by atoms with Gasteiger partial charge in [-0.1, -0.05) is 13.8 Å². The first-order valence-corrected chi connectivity index (χ1v) is 4.52. The van der Waals surface area contributed by atoms with E-state index in [-0.39, 0.29) is 0 Å². The summed E-state index contributed by atoms with van der Waals surface area (Å²) in [6, 6.07) is -0.453. The second-order valence-electron chi connectivity index (χ2n) is 3.91. The molecular weight excluding hydrogens is 170 g/mol. The highest BCUT2D eigenvalue weighted by atomic mass is 16.4. The first kappa shape index (κ1) is 12.4. The first-order chi connectivity index (χ1) is 5.86. The Hall–Kier alpha value is -0.610. The van der Waals surface area contributed by atoms with E-state index in [1.54, 1.807) is 0 Å². The van der Waals surface area contributed by atoms with Crippen molar-refractivity contribution in [2.45, 2.75) is 39.3 Å². The van der Waals surface area contributed by atoms with Crippen molar-refractivity contribution in [3.8, 4) is 0 Å². The second kappa shape index (κ2) is 5.19. The number of aliphatic carboxylic acids is 1. The smallest absolute Gasteiger partial charge is 0.308 e. The minimum atomic E-state index is -1.01. The molecule has 78 valence electrons. The highest BCUT2D eigenvalue weighted by Crippen LogP contribution is 2.12. The molecule has 0 aromatic rings. The molecule has 4 nitrogen and oxygen atoms in total. The second-order valence-corrected chi connectivity index (χ2v) is 3.91. The largest absolute Gasteiger partial charge is 0.481 e. The fraction of sp³-hybridized carbons (Fsp3) is 0.889. The van der Waals surface area contributed by atoms with Crippen LogP contribution in [0, 0.1) is 11.8 Å². The Kier molecular flexibility index (Phi) is 4.95. The van der Waals surface area contributed by atoms with E-state index in [1.807, 2.05) is 13.8 Å². The number of aliphatic hydroxyl groups excluding tert-OH is 1. The number of carboxylic acids is 1. The summed E-state index contributed by atoms with van der Waals surface area (Å²) in [5.74, 6) is -1.44. The van der Waals surface area contributed by atoms with Crippen molar-refractivity contribution in [3.63, 3.8) is 0 Å². The molecule has 0 radical (unpaired) electrons. The number of aliphatic hydroxyl groups is 1. The Morgan fingerprint density at radius 2 is 1.85 bits per heavy atom. The van der Waals surface area contributed by atoms with Crippen LogP contribution < -0.4 is 5.73 Å². The Morgan fingerprint density at radius 3 is 2.15 bits per heavy atom. The Balaban J connectivity index is 4.08. The fourth-order valence-corrected chi connectivity index (χ4v) is 1.20. The summed E-state index contributed by atoms with van der Waals surface area (Å²) in [6.45, 7) is 5.43. The van der Waals surface area contributed by atoms with Crippen molar-refractivity contribution >= 4 is 5.97 Å². The molecule has 0 aliphatic heterocycles. The zero-order chi connectivity index (χ0) is 10.6. The van der Waals surface area contributed by atoms with Gasteiger partial charge in [0.1, 0.15) is 0 Å². The Labute approximate surface area is 78.7 Å². The summed E-state index contributed by atoms with van der Waals surface area (Å²) >= 11 is 0. The third-order valence-electron chi connectivity index (χ3n) is 2.08. The van der Waals surface area contributed by atoms with Crippen LogP contribution in [0.15, 0.2) is 0 Å². The van der Waals surface area contributed by atoms with Gasteiger partial charge in [0.2, 0.25) is 0 Å². The zero-order valence-corrected chi connectivity index (χ0v) is 8.40. The third kappa shape index (κ3) is 4.24. The van der Waals surface area contributed by atoms with Crippen LogP contribution in [0.2, 0.25) is 0 Å². The minimum Gasteiger partial charge on any atom is -0.481 e. The predicted molar refractivity (Wildman–Crippen MR) is 50.2 cm³/mol. The van der Waals surface area contributed by atoms with Crippen molar-refractivity contribution in [3.05, 3.63) is 0 Å². The molecule has 0 heterocycles. The predicted octanol–water partition coefficient (Wildman–Crippen LogP) is 0.441. The lowest BCUT2D eigenvalue weighted by molar-refractivity contribution is -0.145. The van der Waals surface area contributed by atoms with Crippen LogP contribution in [0.4, 0.5) is 0 Å². The van der Waals surface area contributed by atoms with Crippen molar-refractivity contribution in [2.75, 3.05) is 0 Å². The lowest BCUT2D eigenvalue weighted by Crippen LogP contribution is -2.42. The Bertz CT molecular complexity index is 170. The van der Waals surface area contributed by atoms with Crippen molar-refractivity contribution in [1.82, 2.24) is 0 Å². The van der Waals surface area contributed by atoms with Gasteiger partial charge in [-0.2, -0.15) is 0 Å². The number of hydrogen-bond acceptors (Lipinski definition) is 3. The van der Waals surface area contributed by atoms with Gasteiger partial charge >= 0.3 is 5.97 Å². The number of nitrogens with two attached hydrogens (primary N) is 1. The normalized spacial score (nSPS) is 18.3. The van der Waals surface area contributed by atoms with Crippen LogP contribution in [0.3, 0.4) is 0 Å². The molecule has 0 aromatic heterocycles.